The summed E-state index contributed by atoms with van der Waals surface area (Å²) in [6.07, 6.45) is -1.62. The van der Waals surface area contributed by atoms with Gasteiger partial charge in [-0.1, -0.05) is 0 Å². The molecule has 0 aliphatic carbocycles. The Morgan fingerprint density at radius 2 is 2.20 bits per heavy atom. The van der Waals surface area contributed by atoms with E-state index in [-0.39, 0.29) is 15.7 Å². The van der Waals surface area contributed by atoms with Crippen LogP contribution in [0.3, 0.4) is 0 Å². The van der Waals surface area contributed by atoms with Crippen LogP contribution in [0.25, 0.3) is 0 Å². The van der Waals surface area contributed by atoms with Crippen LogP contribution in [0.4, 0.5) is 19.6 Å². The van der Waals surface area contributed by atoms with Gasteiger partial charge in [0.2, 0.25) is 0 Å². The summed E-state index contributed by atoms with van der Waals surface area (Å²) in [5.41, 5.74) is 5.33. The number of sulfone groups is 1. The number of nitrogens with zero attached hydrogens (tertiary/aromatic N) is 1. The van der Waals surface area contributed by atoms with E-state index in [1.165, 1.54) is 0 Å². The summed E-state index contributed by atoms with van der Waals surface area (Å²) in [6.45, 7) is -0.635. The molecule has 5 nitrogen and oxygen atoms in total. The average Bonchev–Trinajstić information content (AvgIpc) is 2.42. The molecule has 1 rings (SSSR count). The zero-order valence-electron chi connectivity index (χ0n) is 7.70. The normalized spacial score (nSPS) is 12.0. The van der Waals surface area contributed by atoms with Gasteiger partial charge in [0.05, 0.1) is 6.54 Å². The van der Waals surface area contributed by atoms with E-state index in [1.54, 1.807) is 0 Å². The van der Waals surface area contributed by atoms with Crippen LogP contribution in [0.5, 0.6) is 0 Å². The maximum absolute atomic E-state index is 11.9. The number of hydrogen-bond acceptors (Lipinski definition) is 6. The minimum atomic E-state index is -3.55. The second-order valence-corrected chi connectivity index (χ2v) is 5.50. The predicted octanol–water partition coefficient (Wildman–Crippen LogP) is 0.806. The first kappa shape index (κ1) is 12.1. The lowest BCUT2D eigenvalue weighted by atomic mass is 10.6. The zero-order chi connectivity index (χ0) is 11.6. The van der Waals surface area contributed by atoms with Crippen molar-refractivity contribution in [2.24, 2.45) is 0 Å². The number of halogens is 2. The van der Waals surface area contributed by atoms with Crippen molar-refractivity contribution < 1.29 is 17.2 Å². The first-order valence-electron chi connectivity index (χ1n) is 3.79. The summed E-state index contributed by atoms with van der Waals surface area (Å²) in [6, 6.07) is 0. The standard InChI is InChI=1S/C6H9F2N3O2S2/c1-15(12,13)4-5(9)11-14-6(4)10-2-3(7)8/h3,10H,2H2,1H3,(H2,9,11). The Morgan fingerprint density at radius 3 is 2.67 bits per heavy atom. The fraction of sp³-hybridized carbons (Fsp3) is 0.500. The van der Waals surface area contributed by atoms with Crippen molar-refractivity contribution in [1.82, 2.24) is 4.37 Å². The van der Waals surface area contributed by atoms with E-state index in [0.29, 0.717) is 0 Å². The number of rotatable bonds is 4. The fourth-order valence-corrected chi connectivity index (χ4v) is 3.01. The van der Waals surface area contributed by atoms with Gasteiger partial charge in [-0.3, -0.25) is 0 Å². The average molecular weight is 257 g/mol. The summed E-state index contributed by atoms with van der Waals surface area (Å²) >= 11 is 0.746. The molecule has 0 saturated carbocycles. The highest BCUT2D eigenvalue weighted by atomic mass is 32.2. The first-order chi connectivity index (χ1) is 6.82. The highest BCUT2D eigenvalue weighted by Gasteiger charge is 2.21. The van der Waals surface area contributed by atoms with Gasteiger partial charge in [-0.25, -0.2) is 17.2 Å². The molecule has 0 unspecified atom stereocenters. The number of anilines is 2. The second kappa shape index (κ2) is 4.27. The Kier molecular flexibility index (Phi) is 3.45. The van der Waals surface area contributed by atoms with E-state index in [2.05, 4.69) is 9.69 Å². The molecule has 0 aliphatic heterocycles. The molecule has 9 heteroatoms. The molecule has 86 valence electrons. The van der Waals surface area contributed by atoms with Crippen LogP contribution in [0.2, 0.25) is 0 Å². The highest BCUT2D eigenvalue weighted by Crippen LogP contribution is 2.31. The van der Waals surface area contributed by atoms with Crippen molar-refractivity contribution in [3.63, 3.8) is 0 Å². The summed E-state index contributed by atoms with van der Waals surface area (Å²) in [4.78, 5) is -0.215. The van der Waals surface area contributed by atoms with Crippen LogP contribution in [0.15, 0.2) is 4.90 Å². The van der Waals surface area contributed by atoms with E-state index in [9.17, 15) is 17.2 Å². The topological polar surface area (TPSA) is 85.1 Å². The monoisotopic (exact) mass is 257 g/mol. The maximum atomic E-state index is 11.9. The number of nitrogen functional groups attached to an aromatic ring is 1. The van der Waals surface area contributed by atoms with E-state index in [1.807, 2.05) is 0 Å². The molecule has 0 radical (unpaired) electrons. The molecule has 1 heterocycles. The van der Waals surface area contributed by atoms with Gasteiger partial charge in [0, 0.05) is 6.26 Å². The van der Waals surface area contributed by atoms with Crippen molar-refractivity contribution >= 4 is 32.2 Å². The molecule has 15 heavy (non-hydrogen) atoms. The lowest BCUT2D eigenvalue weighted by Crippen LogP contribution is -2.12. The first-order valence-corrected chi connectivity index (χ1v) is 6.46. The minimum absolute atomic E-state index is 0.0512. The molecule has 1 aromatic rings. The van der Waals surface area contributed by atoms with Crippen LogP contribution < -0.4 is 11.1 Å². The van der Waals surface area contributed by atoms with Gasteiger partial charge >= 0.3 is 0 Å². The van der Waals surface area contributed by atoms with Crippen molar-refractivity contribution in [2.75, 3.05) is 23.9 Å². The van der Waals surface area contributed by atoms with Gasteiger partial charge in [-0.05, 0) is 11.5 Å². The Hall–Kier alpha value is -0.960. The molecule has 3 N–H and O–H groups in total. The van der Waals surface area contributed by atoms with Gasteiger partial charge < -0.3 is 11.1 Å². The van der Waals surface area contributed by atoms with Crippen LogP contribution in [0.1, 0.15) is 0 Å². The van der Waals surface area contributed by atoms with E-state index in [4.69, 9.17) is 5.73 Å². The minimum Gasteiger partial charge on any atom is -0.382 e. The molecule has 0 saturated heterocycles. The highest BCUT2D eigenvalue weighted by molar-refractivity contribution is 7.91. The Bertz CT molecular complexity index is 443. The summed E-state index contributed by atoms with van der Waals surface area (Å²) in [7, 11) is -3.55. The van der Waals surface area contributed by atoms with Gasteiger partial charge in [-0.15, -0.1) is 0 Å². The van der Waals surface area contributed by atoms with Crippen molar-refractivity contribution in [1.29, 1.82) is 0 Å². The number of nitrogens with one attached hydrogen (secondary N) is 1. The molecule has 0 atom stereocenters. The molecule has 0 aliphatic rings. The SMILES string of the molecule is CS(=O)(=O)c1c(N)nsc1NCC(F)F. The summed E-state index contributed by atoms with van der Waals surface area (Å²) < 4.78 is 49.9. The van der Waals surface area contributed by atoms with Crippen molar-refractivity contribution in [3.8, 4) is 0 Å². The Labute approximate surface area is 89.4 Å². The van der Waals surface area contributed by atoms with E-state index >= 15 is 0 Å². The van der Waals surface area contributed by atoms with Crippen LogP contribution in [-0.2, 0) is 9.84 Å². The van der Waals surface area contributed by atoms with Crippen LogP contribution >= 0.6 is 11.5 Å². The molecular formula is C6H9F2N3O2S2. The van der Waals surface area contributed by atoms with Crippen LogP contribution in [-0.4, -0.2) is 32.0 Å². The third kappa shape index (κ3) is 2.99. The molecule has 0 fully saturated rings. The molecule has 0 aromatic carbocycles. The molecule has 0 bridgehead atoms. The smallest absolute Gasteiger partial charge is 0.255 e. The lowest BCUT2D eigenvalue weighted by molar-refractivity contribution is 0.163. The Morgan fingerprint density at radius 1 is 1.60 bits per heavy atom. The summed E-state index contributed by atoms with van der Waals surface area (Å²) in [5, 5.41) is 2.34. The molecule has 0 amide bonds. The largest absolute Gasteiger partial charge is 0.382 e. The Balaban J connectivity index is 3.00. The van der Waals surface area contributed by atoms with Crippen molar-refractivity contribution in [3.05, 3.63) is 0 Å². The lowest BCUT2D eigenvalue weighted by Gasteiger charge is -2.04. The number of nitrogens with two attached hydrogens (primary N) is 1. The molecule has 1 aromatic heterocycles. The van der Waals surface area contributed by atoms with Gasteiger partial charge in [0.25, 0.3) is 6.43 Å². The molecular weight excluding hydrogens is 248 g/mol. The summed E-state index contributed by atoms with van der Waals surface area (Å²) in [5.74, 6) is -0.167. The zero-order valence-corrected chi connectivity index (χ0v) is 9.33. The van der Waals surface area contributed by atoms with Gasteiger partial charge in [0.15, 0.2) is 15.7 Å². The van der Waals surface area contributed by atoms with Crippen molar-refractivity contribution in [2.45, 2.75) is 11.3 Å². The predicted molar refractivity (Wildman–Crippen MR) is 54.1 cm³/mol. The van der Waals surface area contributed by atoms with E-state index < -0.39 is 22.8 Å². The van der Waals surface area contributed by atoms with Gasteiger partial charge in [0.1, 0.15) is 9.90 Å². The molecule has 0 spiro atoms. The second-order valence-electron chi connectivity index (χ2n) is 2.77. The van der Waals surface area contributed by atoms with Gasteiger partial charge in [-0.2, -0.15) is 4.37 Å². The number of hydrogen-bond donors (Lipinski definition) is 2. The quantitative estimate of drug-likeness (QED) is 0.833. The third-order valence-electron chi connectivity index (χ3n) is 1.46. The maximum Gasteiger partial charge on any atom is 0.255 e. The van der Waals surface area contributed by atoms with E-state index in [0.717, 1.165) is 17.8 Å². The number of aromatic nitrogens is 1. The fourth-order valence-electron chi connectivity index (χ4n) is 0.935. The third-order valence-corrected chi connectivity index (χ3v) is 3.56. The number of alkyl halides is 2. The van der Waals surface area contributed by atoms with Crippen LogP contribution in [0, 0.1) is 0 Å².